The van der Waals surface area contributed by atoms with Crippen LogP contribution in [0.3, 0.4) is 0 Å². The number of aromatic nitrogens is 3. The van der Waals surface area contributed by atoms with Crippen molar-refractivity contribution in [2.75, 3.05) is 19.0 Å². The summed E-state index contributed by atoms with van der Waals surface area (Å²) in [5.41, 5.74) is 2.49. The van der Waals surface area contributed by atoms with Crippen molar-refractivity contribution in [2.45, 2.75) is 6.54 Å². The topological polar surface area (TPSA) is 98.1 Å². The number of amides is 2. The summed E-state index contributed by atoms with van der Waals surface area (Å²) in [6.45, 7) is 0.232. The van der Waals surface area contributed by atoms with E-state index in [9.17, 15) is 9.59 Å². The number of halogens is 1. The SMILES string of the molecule is COCC(=O)NCc1ccc(Cl)c(C(=O)Nc2cccc3c2cnn3-c2nccs2)c1. The van der Waals surface area contributed by atoms with Gasteiger partial charge in [0.25, 0.3) is 5.91 Å². The first-order valence-corrected chi connectivity index (χ1v) is 10.5. The van der Waals surface area contributed by atoms with Crippen LogP contribution in [0.2, 0.25) is 5.02 Å². The van der Waals surface area contributed by atoms with Gasteiger partial charge < -0.3 is 15.4 Å². The van der Waals surface area contributed by atoms with Crippen LogP contribution in [0.5, 0.6) is 0 Å². The third-order valence-corrected chi connectivity index (χ3v) is 5.58. The van der Waals surface area contributed by atoms with Gasteiger partial charge in [0.1, 0.15) is 6.61 Å². The van der Waals surface area contributed by atoms with Crippen LogP contribution in [0.1, 0.15) is 15.9 Å². The first kappa shape index (κ1) is 21.0. The number of fused-ring (bicyclic) bond motifs is 1. The van der Waals surface area contributed by atoms with Crippen LogP contribution < -0.4 is 10.6 Å². The number of benzene rings is 2. The molecule has 0 atom stereocenters. The molecule has 31 heavy (non-hydrogen) atoms. The van der Waals surface area contributed by atoms with Crippen molar-refractivity contribution >= 4 is 51.3 Å². The number of carbonyl (C=O) groups excluding carboxylic acids is 2. The van der Waals surface area contributed by atoms with Gasteiger partial charge in [-0.25, -0.2) is 9.67 Å². The number of carbonyl (C=O) groups is 2. The number of hydrogen-bond donors (Lipinski definition) is 2. The summed E-state index contributed by atoms with van der Waals surface area (Å²) in [6.07, 6.45) is 3.40. The lowest BCUT2D eigenvalue weighted by Gasteiger charge is -2.10. The van der Waals surface area contributed by atoms with E-state index in [0.29, 0.717) is 16.3 Å². The van der Waals surface area contributed by atoms with Gasteiger partial charge in [-0.1, -0.05) is 23.7 Å². The van der Waals surface area contributed by atoms with E-state index >= 15 is 0 Å². The average Bonchev–Trinajstić information content (AvgIpc) is 3.43. The Balaban J connectivity index is 1.56. The van der Waals surface area contributed by atoms with E-state index in [2.05, 4.69) is 20.7 Å². The summed E-state index contributed by atoms with van der Waals surface area (Å²) >= 11 is 7.74. The number of hydrogen-bond acceptors (Lipinski definition) is 6. The smallest absolute Gasteiger partial charge is 0.257 e. The number of thiazole rings is 1. The minimum atomic E-state index is -0.357. The van der Waals surface area contributed by atoms with E-state index in [0.717, 1.165) is 21.6 Å². The largest absolute Gasteiger partial charge is 0.375 e. The third-order valence-electron chi connectivity index (χ3n) is 4.50. The summed E-state index contributed by atoms with van der Waals surface area (Å²) in [5.74, 6) is -0.600. The average molecular weight is 456 g/mol. The Kier molecular flexibility index (Phi) is 6.26. The predicted octanol–water partition coefficient (Wildman–Crippen LogP) is 3.65. The molecule has 2 aromatic heterocycles. The van der Waals surface area contributed by atoms with Crippen LogP contribution in [0.4, 0.5) is 5.69 Å². The molecule has 8 nitrogen and oxygen atoms in total. The molecule has 0 radical (unpaired) electrons. The van der Waals surface area contributed by atoms with Crippen LogP contribution in [0, 0.1) is 0 Å². The fourth-order valence-corrected chi connectivity index (χ4v) is 3.88. The molecule has 0 saturated carbocycles. The van der Waals surface area contributed by atoms with Gasteiger partial charge in [0.15, 0.2) is 0 Å². The molecule has 2 aromatic carbocycles. The number of nitrogens with one attached hydrogen (secondary N) is 2. The number of ether oxygens (including phenoxy) is 1. The lowest BCUT2D eigenvalue weighted by atomic mass is 10.1. The van der Waals surface area contributed by atoms with Gasteiger partial charge in [-0.2, -0.15) is 5.10 Å². The molecule has 0 fully saturated rings. The van der Waals surface area contributed by atoms with Gasteiger partial charge in [0, 0.05) is 30.6 Å². The van der Waals surface area contributed by atoms with Crippen molar-refractivity contribution in [2.24, 2.45) is 0 Å². The monoisotopic (exact) mass is 455 g/mol. The van der Waals surface area contributed by atoms with Crippen LogP contribution in [-0.2, 0) is 16.1 Å². The molecule has 0 spiro atoms. The molecule has 0 aliphatic carbocycles. The van der Waals surface area contributed by atoms with E-state index in [4.69, 9.17) is 16.3 Å². The molecule has 2 amide bonds. The summed E-state index contributed by atoms with van der Waals surface area (Å²) in [5, 5.41) is 13.7. The Morgan fingerprint density at radius 1 is 1.26 bits per heavy atom. The second-order valence-corrected chi connectivity index (χ2v) is 7.87. The van der Waals surface area contributed by atoms with E-state index < -0.39 is 0 Å². The minimum absolute atomic E-state index is 0.0282. The maximum atomic E-state index is 13.0. The second-order valence-electron chi connectivity index (χ2n) is 6.59. The fraction of sp³-hybridized carbons (Fsp3) is 0.143. The van der Waals surface area contributed by atoms with Crippen molar-refractivity contribution in [3.8, 4) is 5.13 Å². The third kappa shape index (κ3) is 4.58. The summed E-state index contributed by atoms with van der Waals surface area (Å²) in [7, 11) is 1.45. The standard InChI is InChI=1S/C21H18ClN5O3S/c1-30-12-19(28)24-10-13-5-6-16(22)14(9-13)20(29)26-17-3-2-4-18-15(17)11-25-27(18)21-23-7-8-31-21/h2-9,11H,10,12H2,1H3,(H,24,28)(H,26,29). The van der Waals surface area contributed by atoms with Crippen molar-refractivity contribution in [3.05, 3.63) is 70.3 Å². The maximum absolute atomic E-state index is 13.0. The van der Waals surface area contributed by atoms with E-state index in [1.165, 1.54) is 18.4 Å². The number of rotatable bonds is 7. The summed E-state index contributed by atoms with van der Waals surface area (Å²) in [4.78, 5) is 28.9. The highest BCUT2D eigenvalue weighted by molar-refractivity contribution is 7.12. The molecule has 0 unspecified atom stereocenters. The van der Waals surface area contributed by atoms with Crippen LogP contribution in [0.15, 0.2) is 54.2 Å². The highest BCUT2D eigenvalue weighted by Gasteiger charge is 2.15. The van der Waals surface area contributed by atoms with Crippen LogP contribution in [0.25, 0.3) is 16.0 Å². The molecule has 2 heterocycles. The van der Waals surface area contributed by atoms with Gasteiger partial charge in [0.2, 0.25) is 11.0 Å². The van der Waals surface area contributed by atoms with Crippen LogP contribution >= 0.6 is 22.9 Å². The Labute approximate surface area is 186 Å². The zero-order chi connectivity index (χ0) is 21.8. The predicted molar refractivity (Wildman–Crippen MR) is 120 cm³/mol. The molecule has 0 aliphatic heterocycles. The first-order chi connectivity index (χ1) is 15.1. The van der Waals surface area contributed by atoms with Gasteiger partial charge in [0.05, 0.1) is 28.0 Å². The van der Waals surface area contributed by atoms with Gasteiger partial charge >= 0.3 is 0 Å². The number of nitrogens with zero attached hydrogens (tertiary/aromatic N) is 3. The molecule has 10 heteroatoms. The quantitative estimate of drug-likeness (QED) is 0.443. The molecule has 4 rings (SSSR count). The molecular weight excluding hydrogens is 438 g/mol. The molecule has 4 aromatic rings. The summed E-state index contributed by atoms with van der Waals surface area (Å²) < 4.78 is 6.52. The van der Waals surface area contributed by atoms with E-state index in [-0.39, 0.29) is 25.0 Å². The zero-order valence-electron chi connectivity index (χ0n) is 16.5. The first-order valence-electron chi connectivity index (χ1n) is 9.29. The highest BCUT2D eigenvalue weighted by Crippen LogP contribution is 2.27. The normalized spacial score (nSPS) is 10.9. The Morgan fingerprint density at radius 2 is 2.13 bits per heavy atom. The van der Waals surface area contributed by atoms with Crippen molar-refractivity contribution in [3.63, 3.8) is 0 Å². The Morgan fingerprint density at radius 3 is 2.90 bits per heavy atom. The molecule has 158 valence electrons. The number of methoxy groups -OCH3 is 1. The van der Waals surface area contributed by atoms with Crippen molar-refractivity contribution in [1.82, 2.24) is 20.1 Å². The lowest BCUT2D eigenvalue weighted by Crippen LogP contribution is -2.26. The Hall–Kier alpha value is -3.27. The number of anilines is 1. The maximum Gasteiger partial charge on any atom is 0.257 e. The molecule has 0 saturated heterocycles. The van der Waals surface area contributed by atoms with E-state index in [1.807, 2.05) is 17.5 Å². The highest BCUT2D eigenvalue weighted by atomic mass is 35.5. The van der Waals surface area contributed by atoms with Crippen molar-refractivity contribution in [1.29, 1.82) is 0 Å². The Bertz CT molecular complexity index is 1240. The van der Waals surface area contributed by atoms with Crippen molar-refractivity contribution < 1.29 is 14.3 Å². The second kappa shape index (κ2) is 9.25. The summed E-state index contributed by atoms with van der Waals surface area (Å²) in [6, 6.07) is 10.6. The fourth-order valence-electron chi connectivity index (χ4n) is 3.06. The van der Waals surface area contributed by atoms with Gasteiger partial charge in [-0.3, -0.25) is 9.59 Å². The van der Waals surface area contributed by atoms with Gasteiger partial charge in [-0.15, -0.1) is 11.3 Å². The van der Waals surface area contributed by atoms with Gasteiger partial charge in [-0.05, 0) is 29.8 Å². The molecule has 2 N–H and O–H groups in total. The van der Waals surface area contributed by atoms with Crippen LogP contribution in [-0.4, -0.2) is 40.3 Å². The molecule has 0 bridgehead atoms. The minimum Gasteiger partial charge on any atom is -0.375 e. The van der Waals surface area contributed by atoms with E-state index in [1.54, 1.807) is 41.3 Å². The zero-order valence-corrected chi connectivity index (χ0v) is 18.0. The lowest BCUT2D eigenvalue weighted by molar-refractivity contribution is -0.124. The molecular formula is C21H18ClN5O3S. The molecule has 0 aliphatic rings.